The van der Waals surface area contributed by atoms with Crippen molar-refractivity contribution in [2.75, 3.05) is 10.6 Å². The van der Waals surface area contributed by atoms with Crippen LogP contribution in [0.1, 0.15) is 55.3 Å². The van der Waals surface area contributed by atoms with Crippen molar-refractivity contribution in [3.63, 3.8) is 0 Å². The van der Waals surface area contributed by atoms with E-state index in [0.717, 1.165) is 37.7 Å². The number of rotatable bonds is 8. The molecule has 7 nitrogen and oxygen atoms in total. The summed E-state index contributed by atoms with van der Waals surface area (Å²) in [4.78, 5) is 24.6. The molecule has 1 amide bonds. The molecule has 1 saturated carbocycles. The largest absolute Gasteiger partial charge is 0.479 e. The molecule has 3 rings (SSSR count). The Labute approximate surface area is 188 Å². The average Bonchev–Trinajstić information content (AvgIpc) is 3.27. The molecule has 2 aromatic carbocycles. The van der Waals surface area contributed by atoms with Crippen molar-refractivity contribution in [1.29, 1.82) is 5.41 Å². The first-order valence-corrected chi connectivity index (χ1v) is 10.3. The van der Waals surface area contributed by atoms with E-state index in [9.17, 15) is 14.7 Å². The molecular formula is C23H29ClN4O3. The summed E-state index contributed by atoms with van der Waals surface area (Å²) >= 11 is 0. The van der Waals surface area contributed by atoms with E-state index >= 15 is 0 Å². The Balaban J connectivity index is 0.00000341. The zero-order chi connectivity index (χ0) is 21.7. The Bertz CT molecular complexity index is 940. The minimum atomic E-state index is -1.02. The van der Waals surface area contributed by atoms with Crippen LogP contribution in [0.4, 0.5) is 11.4 Å². The predicted molar refractivity (Wildman–Crippen MR) is 125 cm³/mol. The summed E-state index contributed by atoms with van der Waals surface area (Å²) in [6.07, 6.45) is 4.68. The Morgan fingerprint density at radius 1 is 1.13 bits per heavy atom. The summed E-state index contributed by atoms with van der Waals surface area (Å²) in [6.45, 7) is 1.99. The van der Waals surface area contributed by atoms with Crippen LogP contribution in [0.2, 0.25) is 0 Å². The van der Waals surface area contributed by atoms with Crippen LogP contribution >= 0.6 is 12.4 Å². The highest BCUT2D eigenvalue weighted by atomic mass is 35.5. The molecule has 2 aromatic rings. The number of anilines is 2. The van der Waals surface area contributed by atoms with Crippen LogP contribution in [0.15, 0.2) is 42.5 Å². The van der Waals surface area contributed by atoms with E-state index in [1.165, 1.54) is 0 Å². The summed E-state index contributed by atoms with van der Waals surface area (Å²) < 4.78 is 0. The molecule has 1 atom stereocenters. The second kappa shape index (κ2) is 10.8. The number of carboxylic acids is 1. The van der Waals surface area contributed by atoms with Gasteiger partial charge in [-0.3, -0.25) is 10.2 Å². The third-order valence-corrected chi connectivity index (χ3v) is 5.50. The Morgan fingerprint density at radius 3 is 2.32 bits per heavy atom. The number of carboxylic acid groups (broad SMARTS) is 1. The molecule has 0 saturated heterocycles. The van der Waals surface area contributed by atoms with E-state index in [0.29, 0.717) is 22.5 Å². The van der Waals surface area contributed by atoms with Gasteiger partial charge in [0.2, 0.25) is 5.91 Å². The second-order valence-electron chi connectivity index (χ2n) is 7.69. The molecule has 166 valence electrons. The van der Waals surface area contributed by atoms with Gasteiger partial charge in [-0.25, -0.2) is 4.79 Å². The maximum atomic E-state index is 12.5. The molecule has 0 aromatic heterocycles. The first-order chi connectivity index (χ1) is 14.4. The minimum Gasteiger partial charge on any atom is -0.479 e. The van der Waals surface area contributed by atoms with E-state index in [1.54, 1.807) is 30.3 Å². The standard InChI is InChI=1S/C23H28N4O3.ClH/c1-2-14-11-17(13-19(12-14)27-22(28)16-5-3-4-6-16)20(23(29)30)26-18-9-7-15(8-10-18)21(24)25;/h7-13,16,20,26H,2-6H2,1H3,(H3,24,25)(H,27,28)(H,29,30);1H. The fourth-order valence-electron chi connectivity index (χ4n) is 3.79. The maximum absolute atomic E-state index is 12.5. The van der Waals surface area contributed by atoms with Gasteiger partial charge in [-0.1, -0.05) is 25.8 Å². The minimum absolute atomic E-state index is 0. The van der Waals surface area contributed by atoms with Crippen LogP contribution in [0.25, 0.3) is 0 Å². The number of halogens is 1. The molecule has 31 heavy (non-hydrogen) atoms. The van der Waals surface area contributed by atoms with Crippen molar-refractivity contribution in [3.8, 4) is 0 Å². The zero-order valence-electron chi connectivity index (χ0n) is 17.5. The normalized spacial score (nSPS) is 14.4. The number of nitrogens with one attached hydrogen (secondary N) is 3. The number of amides is 1. The average molecular weight is 445 g/mol. The molecule has 0 aliphatic heterocycles. The monoisotopic (exact) mass is 444 g/mol. The third-order valence-electron chi connectivity index (χ3n) is 5.50. The highest BCUT2D eigenvalue weighted by Gasteiger charge is 2.24. The van der Waals surface area contributed by atoms with Gasteiger partial charge in [0.25, 0.3) is 0 Å². The number of hydrogen-bond acceptors (Lipinski definition) is 4. The number of amidine groups is 1. The maximum Gasteiger partial charge on any atom is 0.330 e. The van der Waals surface area contributed by atoms with E-state index in [-0.39, 0.29) is 30.1 Å². The lowest BCUT2D eigenvalue weighted by molar-refractivity contribution is -0.138. The summed E-state index contributed by atoms with van der Waals surface area (Å²) in [6, 6.07) is 11.2. The fourth-order valence-corrected chi connectivity index (χ4v) is 3.79. The highest BCUT2D eigenvalue weighted by molar-refractivity contribution is 5.95. The number of carbonyl (C=O) groups excluding carboxylic acids is 1. The molecule has 1 unspecified atom stereocenters. The van der Waals surface area contributed by atoms with Gasteiger partial charge in [0.05, 0.1) is 0 Å². The number of hydrogen-bond donors (Lipinski definition) is 5. The Hall–Kier alpha value is -3.06. The molecule has 0 bridgehead atoms. The molecule has 6 N–H and O–H groups in total. The fraction of sp³-hybridized carbons (Fsp3) is 0.348. The van der Waals surface area contributed by atoms with Gasteiger partial charge in [-0.15, -0.1) is 12.4 Å². The first-order valence-electron chi connectivity index (χ1n) is 10.3. The van der Waals surface area contributed by atoms with Crippen molar-refractivity contribution in [1.82, 2.24) is 0 Å². The number of nitrogens with two attached hydrogens (primary N) is 1. The second-order valence-corrected chi connectivity index (χ2v) is 7.69. The van der Waals surface area contributed by atoms with Gasteiger partial charge < -0.3 is 21.5 Å². The van der Waals surface area contributed by atoms with Crippen LogP contribution < -0.4 is 16.4 Å². The first kappa shape index (κ1) is 24.2. The van der Waals surface area contributed by atoms with Crippen LogP contribution in [0.3, 0.4) is 0 Å². The quantitative estimate of drug-likeness (QED) is 0.306. The Morgan fingerprint density at radius 2 is 1.77 bits per heavy atom. The Kier molecular flexibility index (Phi) is 8.45. The molecule has 0 heterocycles. The number of carbonyl (C=O) groups is 2. The number of nitrogen functional groups attached to an aromatic ring is 1. The van der Waals surface area contributed by atoms with Crippen molar-refractivity contribution in [2.24, 2.45) is 11.7 Å². The van der Waals surface area contributed by atoms with Gasteiger partial charge in [0, 0.05) is 22.9 Å². The van der Waals surface area contributed by atoms with Crippen LogP contribution in [0, 0.1) is 11.3 Å². The highest BCUT2D eigenvalue weighted by Crippen LogP contribution is 2.28. The van der Waals surface area contributed by atoms with E-state index in [4.69, 9.17) is 11.1 Å². The van der Waals surface area contributed by atoms with Gasteiger partial charge >= 0.3 is 5.97 Å². The lowest BCUT2D eigenvalue weighted by Gasteiger charge is -2.19. The SMILES string of the molecule is CCc1cc(NC(=O)C2CCCC2)cc(C(Nc2ccc(C(=N)N)cc2)C(=O)O)c1.Cl. The molecule has 0 spiro atoms. The smallest absolute Gasteiger partial charge is 0.330 e. The summed E-state index contributed by atoms with van der Waals surface area (Å²) in [5.74, 6) is -1.03. The van der Waals surface area contributed by atoms with E-state index < -0.39 is 12.0 Å². The molecule has 1 aliphatic carbocycles. The zero-order valence-corrected chi connectivity index (χ0v) is 18.3. The van der Waals surface area contributed by atoms with Gasteiger partial charge in [-0.2, -0.15) is 0 Å². The molecule has 0 radical (unpaired) electrons. The van der Waals surface area contributed by atoms with E-state index in [2.05, 4.69) is 10.6 Å². The van der Waals surface area contributed by atoms with Gasteiger partial charge in [0.15, 0.2) is 6.04 Å². The van der Waals surface area contributed by atoms with Crippen molar-refractivity contribution in [2.45, 2.75) is 45.1 Å². The summed E-state index contributed by atoms with van der Waals surface area (Å²) in [5.41, 5.74) is 8.79. The van der Waals surface area contributed by atoms with Crippen molar-refractivity contribution >= 4 is 41.5 Å². The topological polar surface area (TPSA) is 128 Å². The summed E-state index contributed by atoms with van der Waals surface area (Å²) in [7, 11) is 0. The van der Waals surface area contributed by atoms with E-state index in [1.807, 2.05) is 19.1 Å². The molecular weight excluding hydrogens is 416 g/mol. The molecule has 8 heteroatoms. The number of benzene rings is 2. The number of aryl methyl sites for hydroxylation is 1. The lowest BCUT2D eigenvalue weighted by atomic mass is 10.00. The molecule has 1 aliphatic rings. The third kappa shape index (κ3) is 6.21. The molecule has 1 fully saturated rings. The van der Waals surface area contributed by atoms with Gasteiger partial charge in [0.1, 0.15) is 5.84 Å². The summed E-state index contributed by atoms with van der Waals surface area (Å²) in [5, 5.41) is 23.3. The van der Waals surface area contributed by atoms with Crippen LogP contribution in [-0.2, 0) is 16.0 Å². The predicted octanol–water partition coefficient (Wildman–Crippen LogP) is 4.32. The van der Waals surface area contributed by atoms with Gasteiger partial charge in [-0.05, 0) is 66.8 Å². The van der Waals surface area contributed by atoms with Crippen LogP contribution in [0.5, 0.6) is 0 Å². The lowest BCUT2D eigenvalue weighted by Crippen LogP contribution is -2.23. The van der Waals surface area contributed by atoms with Crippen molar-refractivity contribution < 1.29 is 14.7 Å². The number of aliphatic carboxylic acids is 1. The van der Waals surface area contributed by atoms with Crippen molar-refractivity contribution in [3.05, 3.63) is 59.2 Å². The van der Waals surface area contributed by atoms with Crippen LogP contribution in [-0.4, -0.2) is 22.8 Å².